The normalized spacial score (nSPS) is 17.2. The van der Waals surface area contributed by atoms with E-state index in [0.29, 0.717) is 31.3 Å². The number of aromatic nitrogens is 6. The van der Waals surface area contributed by atoms with Gasteiger partial charge in [0, 0.05) is 36.7 Å². The molecule has 128 valence electrons. The molecule has 4 rings (SSSR count). The third kappa shape index (κ3) is 3.00. The predicted octanol–water partition coefficient (Wildman–Crippen LogP) is 0.825. The molecule has 1 saturated heterocycles. The molecule has 4 heterocycles. The van der Waals surface area contributed by atoms with Crippen LogP contribution in [0.3, 0.4) is 0 Å². The molecule has 0 spiro atoms. The highest BCUT2D eigenvalue weighted by Gasteiger charge is 2.31. The Kier molecular flexibility index (Phi) is 3.75. The second-order valence-electron chi connectivity index (χ2n) is 6.00. The Labute approximate surface area is 143 Å². The maximum absolute atomic E-state index is 12.7. The summed E-state index contributed by atoms with van der Waals surface area (Å²) in [7, 11) is 0. The van der Waals surface area contributed by atoms with Gasteiger partial charge in [-0.3, -0.25) is 4.79 Å². The summed E-state index contributed by atoms with van der Waals surface area (Å²) in [4.78, 5) is 31.0. The van der Waals surface area contributed by atoms with E-state index < -0.39 is 0 Å². The Bertz CT molecular complexity index is 925. The van der Waals surface area contributed by atoms with Crippen LogP contribution in [0, 0.1) is 13.8 Å². The van der Waals surface area contributed by atoms with Crippen LogP contribution in [0.1, 0.15) is 28.4 Å². The van der Waals surface area contributed by atoms with E-state index in [0.717, 1.165) is 11.4 Å². The van der Waals surface area contributed by atoms with Crippen LogP contribution in [0.5, 0.6) is 6.01 Å². The summed E-state index contributed by atoms with van der Waals surface area (Å²) < 4.78 is 7.30. The Morgan fingerprint density at radius 2 is 2.04 bits per heavy atom. The largest absolute Gasteiger partial charge is 0.458 e. The number of nitrogens with zero attached hydrogens (tertiary/aromatic N) is 7. The number of ether oxygens (including phenoxy) is 1. The summed E-state index contributed by atoms with van der Waals surface area (Å²) >= 11 is 0. The van der Waals surface area contributed by atoms with Crippen LogP contribution in [0.2, 0.25) is 0 Å². The number of carbonyl (C=O) groups is 1. The fraction of sp³-hybridized carbons (Fsp3) is 0.375. The molecule has 0 aromatic carbocycles. The molecule has 0 aliphatic carbocycles. The van der Waals surface area contributed by atoms with Crippen LogP contribution in [0.25, 0.3) is 5.78 Å². The first-order valence-corrected chi connectivity index (χ1v) is 8.04. The lowest BCUT2D eigenvalue weighted by Gasteiger charge is -2.14. The number of carbonyl (C=O) groups excluding carboxylic acids is 1. The van der Waals surface area contributed by atoms with Crippen molar-refractivity contribution in [2.45, 2.75) is 26.4 Å². The predicted molar refractivity (Wildman–Crippen MR) is 87.2 cm³/mol. The third-order valence-electron chi connectivity index (χ3n) is 4.06. The first-order chi connectivity index (χ1) is 12.1. The molecule has 0 bridgehead atoms. The van der Waals surface area contributed by atoms with E-state index in [9.17, 15) is 4.79 Å². The van der Waals surface area contributed by atoms with Gasteiger partial charge in [-0.25, -0.2) is 19.5 Å². The van der Waals surface area contributed by atoms with Crippen LogP contribution >= 0.6 is 0 Å². The van der Waals surface area contributed by atoms with E-state index in [4.69, 9.17) is 4.74 Å². The summed E-state index contributed by atoms with van der Waals surface area (Å²) in [5, 5.41) is 4.29. The van der Waals surface area contributed by atoms with E-state index in [2.05, 4.69) is 25.0 Å². The lowest BCUT2D eigenvalue weighted by molar-refractivity contribution is 0.0758. The number of aryl methyl sites for hydroxylation is 2. The Balaban J connectivity index is 1.49. The molecule has 3 aromatic heterocycles. The van der Waals surface area contributed by atoms with Gasteiger partial charge in [-0.15, -0.1) is 5.10 Å². The van der Waals surface area contributed by atoms with Crippen molar-refractivity contribution in [3.63, 3.8) is 0 Å². The standard InChI is InChI=1S/C16H17N7O2/c1-10-8-11(2)23-15(19-10)20-13(21-23)14(24)22-7-4-12(9-22)25-16-17-5-3-6-18-16/h3,5-6,8,12H,4,7,9H2,1-2H3. The summed E-state index contributed by atoms with van der Waals surface area (Å²) in [6, 6.07) is 3.95. The highest BCUT2D eigenvalue weighted by molar-refractivity contribution is 5.91. The van der Waals surface area contributed by atoms with Crippen molar-refractivity contribution >= 4 is 11.7 Å². The molecule has 1 unspecified atom stereocenters. The molecule has 0 radical (unpaired) electrons. The molecule has 3 aromatic rings. The number of hydrogen-bond acceptors (Lipinski definition) is 7. The van der Waals surface area contributed by atoms with Crippen LogP contribution in [-0.4, -0.2) is 59.6 Å². The minimum atomic E-state index is -0.220. The number of likely N-dealkylation sites (tertiary alicyclic amines) is 1. The van der Waals surface area contributed by atoms with Crippen LogP contribution in [0.15, 0.2) is 24.5 Å². The van der Waals surface area contributed by atoms with Crippen molar-refractivity contribution < 1.29 is 9.53 Å². The zero-order valence-electron chi connectivity index (χ0n) is 14.0. The van der Waals surface area contributed by atoms with Gasteiger partial charge in [-0.2, -0.15) is 4.98 Å². The first-order valence-electron chi connectivity index (χ1n) is 8.04. The van der Waals surface area contributed by atoms with E-state index >= 15 is 0 Å². The fourth-order valence-electron chi connectivity index (χ4n) is 2.90. The zero-order valence-corrected chi connectivity index (χ0v) is 14.0. The summed E-state index contributed by atoms with van der Waals surface area (Å²) in [5.41, 5.74) is 1.73. The van der Waals surface area contributed by atoms with Gasteiger partial charge in [0.15, 0.2) is 0 Å². The fourth-order valence-corrected chi connectivity index (χ4v) is 2.90. The van der Waals surface area contributed by atoms with E-state index in [-0.39, 0.29) is 17.8 Å². The van der Waals surface area contributed by atoms with Gasteiger partial charge in [0.05, 0.1) is 6.54 Å². The van der Waals surface area contributed by atoms with Crippen LogP contribution in [-0.2, 0) is 0 Å². The Morgan fingerprint density at radius 1 is 1.24 bits per heavy atom. The van der Waals surface area contributed by atoms with Crippen molar-refractivity contribution in [1.82, 2.24) is 34.4 Å². The van der Waals surface area contributed by atoms with Gasteiger partial charge in [0.25, 0.3) is 11.7 Å². The molecule has 1 aliphatic heterocycles. The SMILES string of the molecule is Cc1cc(C)n2nc(C(=O)N3CCC(Oc4ncccn4)C3)nc2n1. The Hall–Kier alpha value is -3.10. The summed E-state index contributed by atoms with van der Waals surface area (Å²) in [6.07, 6.45) is 3.83. The van der Waals surface area contributed by atoms with E-state index in [1.165, 1.54) is 0 Å². The van der Waals surface area contributed by atoms with Crippen molar-refractivity contribution in [1.29, 1.82) is 0 Å². The minimum absolute atomic E-state index is 0.134. The molecule has 1 fully saturated rings. The monoisotopic (exact) mass is 339 g/mol. The second kappa shape index (κ2) is 6.08. The number of amides is 1. The molecular weight excluding hydrogens is 322 g/mol. The maximum atomic E-state index is 12.7. The topological polar surface area (TPSA) is 98.4 Å². The lowest BCUT2D eigenvalue weighted by atomic mass is 10.3. The molecule has 1 atom stereocenters. The summed E-state index contributed by atoms with van der Waals surface area (Å²) in [6.45, 7) is 4.83. The minimum Gasteiger partial charge on any atom is -0.458 e. The lowest BCUT2D eigenvalue weighted by Crippen LogP contribution is -2.31. The first kappa shape index (κ1) is 15.4. The highest BCUT2D eigenvalue weighted by atomic mass is 16.5. The van der Waals surface area contributed by atoms with Crippen molar-refractivity contribution in [3.05, 3.63) is 41.7 Å². The highest BCUT2D eigenvalue weighted by Crippen LogP contribution is 2.17. The molecule has 9 nitrogen and oxygen atoms in total. The second-order valence-corrected chi connectivity index (χ2v) is 6.00. The van der Waals surface area contributed by atoms with E-state index in [1.54, 1.807) is 27.9 Å². The molecule has 0 N–H and O–H groups in total. The molecule has 1 amide bonds. The Morgan fingerprint density at radius 3 is 2.84 bits per heavy atom. The van der Waals surface area contributed by atoms with Gasteiger partial charge >= 0.3 is 6.01 Å². The number of rotatable bonds is 3. The van der Waals surface area contributed by atoms with Crippen LogP contribution < -0.4 is 4.74 Å². The average Bonchev–Trinajstić information content (AvgIpc) is 3.22. The van der Waals surface area contributed by atoms with Crippen molar-refractivity contribution in [3.8, 4) is 6.01 Å². The number of fused-ring (bicyclic) bond motifs is 1. The molecule has 9 heteroatoms. The van der Waals surface area contributed by atoms with Gasteiger partial charge in [-0.05, 0) is 26.0 Å². The maximum Gasteiger partial charge on any atom is 0.316 e. The van der Waals surface area contributed by atoms with Gasteiger partial charge < -0.3 is 9.64 Å². The molecule has 0 saturated carbocycles. The quantitative estimate of drug-likeness (QED) is 0.697. The average molecular weight is 339 g/mol. The van der Waals surface area contributed by atoms with Crippen molar-refractivity contribution in [2.24, 2.45) is 0 Å². The van der Waals surface area contributed by atoms with Crippen molar-refractivity contribution in [2.75, 3.05) is 13.1 Å². The van der Waals surface area contributed by atoms with Gasteiger partial charge in [-0.1, -0.05) is 0 Å². The third-order valence-corrected chi connectivity index (χ3v) is 4.06. The zero-order chi connectivity index (χ0) is 17.4. The van der Waals surface area contributed by atoms with E-state index in [1.807, 2.05) is 19.9 Å². The van der Waals surface area contributed by atoms with Gasteiger partial charge in [0.1, 0.15) is 6.10 Å². The van der Waals surface area contributed by atoms with Gasteiger partial charge in [0.2, 0.25) is 5.82 Å². The van der Waals surface area contributed by atoms with Crippen LogP contribution in [0.4, 0.5) is 0 Å². The molecular formula is C16H17N7O2. The number of hydrogen-bond donors (Lipinski definition) is 0. The molecule has 1 aliphatic rings. The smallest absolute Gasteiger partial charge is 0.316 e. The summed E-state index contributed by atoms with van der Waals surface area (Å²) in [5.74, 6) is 0.367. The molecule has 25 heavy (non-hydrogen) atoms.